The maximum atomic E-state index is 4.25. The van der Waals surface area contributed by atoms with Crippen molar-refractivity contribution in [3.63, 3.8) is 0 Å². The van der Waals surface area contributed by atoms with Crippen molar-refractivity contribution in [2.75, 3.05) is 6.54 Å². The molecule has 1 atom stereocenters. The van der Waals surface area contributed by atoms with Crippen LogP contribution >= 0.6 is 11.3 Å². The summed E-state index contributed by atoms with van der Waals surface area (Å²) in [6.45, 7) is 1.15. The van der Waals surface area contributed by atoms with E-state index in [-0.39, 0.29) is 0 Å². The third-order valence-electron chi connectivity index (χ3n) is 1.87. The molecule has 0 aliphatic carbocycles. The van der Waals surface area contributed by atoms with Crippen molar-refractivity contribution in [2.24, 2.45) is 0 Å². The van der Waals surface area contributed by atoms with Gasteiger partial charge in [0.2, 0.25) is 0 Å². The number of hydrogen-bond donors (Lipinski definition) is 1. The summed E-state index contributed by atoms with van der Waals surface area (Å²) in [4.78, 5) is 4.25. The first-order chi connectivity index (χ1) is 4.97. The molecule has 2 rings (SSSR count). The molecule has 0 amide bonds. The van der Waals surface area contributed by atoms with E-state index in [4.69, 9.17) is 0 Å². The topological polar surface area (TPSA) is 24.9 Å². The zero-order valence-corrected chi connectivity index (χ0v) is 6.53. The number of rotatable bonds is 1. The lowest BCUT2D eigenvalue weighted by molar-refractivity contribution is 0.632. The van der Waals surface area contributed by atoms with Crippen molar-refractivity contribution in [1.29, 1.82) is 0 Å². The van der Waals surface area contributed by atoms with Gasteiger partial charge in [-0.1, -0.05) is 0 Å². The second kappa shape index (κ2) is 2.68. The van der Waals surface area contributed by atoms with E-state index in [0.29, 0.717) is 6.04 Å². The van der Waals surface area contributed by atoms with Crippen molar-refractivity contribution in [3.8, 4) is 0 Å². The second-order valence-corrected chi connectivity index (χ2v) is 3.28. The molecule has 1 aliphatic heterocycles. The van der Waals surface area contributed by atoms with E-state index in [0.717, 1.165) is 6.54 Å². The Balaban J connectivity index is 2.12. The maximum Gasteiger partial charge on any atom is 0.0795 e. The lowest BCUT2D eigenvalue weighted by atomic mass is 10.2. The standard InChI is InChI=1S/C7H10N2S/c1-2-6(8-3-1)7-4-10-5-9-7/h4-6,8H,1-3H2. The quantitative estimate of drug-likeness (QED) is 0.664. The summed E-state index contributed by atoms with van der Waals surface area (Å²) in [6.07, 6.45) is 2.55. The van der Waals surface area contributed by atoms with Gasteiger partial charge in [-0.3, -0.25) is 0 Å². The predicted octanol–water partition coefficient (Wildman–Crippen LogP) is 1.57. The van der Waals surface area contributed by atoms with E-state index in [2.05, 4.69) is 15.7 Å². The van der Waals surface area contributed by atoms with Crippen LogP contribution in [0.4, 0.5) is 0 Å². The Labute approximate surface area is 64.3 Å². The number of nitrogens with zero attached hydrogens (tertiary/aromatic N) is 1. The normalized spacial score (nSPS) is 25.4. The fourth-order valence-corrected chi connectivity index (χ4v) is 1.94. The Bertz CT molecular complexity index is 189. The Morgan fingerprint density at radius 3 is 3.30 bits per heavy atom. The molecule has 1 aromatic heterocycles. The Morgan fingerprint density at radius 2 is 2.70 bits per heavy atom. The minimum absolute atomic E-state index is 0.547. The van der Waals surface area contributed by atoms with E-state index in [1.807, 2.05) is 5.51 Å². The minimum Gasteiger partial charge on any atom is -0.309 e. The average Bonchev–Trinajstić information content (AvgIpc) is 2.59. The fourth-order valence-electron chi connectivity index (χ4n) is 1.33. The molecule has 54 valence electrons. The van der Waals surface area contributed by atoms with Crippen LogP contribution in [-0.2, 0) is 0 Å². The molecule has 1 aliphatic rings. The van der Waals surface area contributed by atoms with Crippen LogP contribution in [0.2, 0.25) is 0 Å². The summed E-state index contributed by atoms with van der Waals surface area (Å²) in [5, 5.41) is 5.53. The van der Waals surface area contributed by atoms with Gasteiger partial charge in [0.05, 0.1) is 17.2 Å². The highest BCUT2D eigenvalue weighted by molar-refractivity contribution is 7.07. The van der Waals surface area contributed by atoms with Gasteiger partial charge in [-0.15, -0.1) is 11.3 Å². The lowest BCUT2D eigenvalue weighted by Crippen LogP contribution is -2.12. The van der Waals surface area contributed by atoms with Crippen molar-refractivity contribution in [2.45, 2.75) is 18.9 Å². The lowest BCUT2D eigenvalue weighted by Gasteiger charge is -2.03. The summed E-state index contributed by atoms with van der Waals surface area (Å²) >= 11 is 1.68. The monoisotopic (exact) mass is 154 g/mol. The van der Waals surface area contributed by atoms with Crippen LogP contribution in [0.3, 0.4) is 0 Å². The van der Waals surface area contributed by atoms with E-state index in [1.165, 1.54) is 18.5 Å². The zero-order chi connectivity index (χ0) is 6.81. The van der Waals surface area contributed by atoms with Crippen molar-refractivity contribution in [3.05, 3.63) is 16.6 Å². The molecule has 2 nitrogen and oxygen atoms in total. The molecule has 0 saturated carbocycles. The van der Waals surface area contributed by atoms with E-state index < -0.39 is 0 Å². The Hall–Kier alpha value is -0.410. The first-order valence-electron chi connectivity index (χ1n) is 3.58. The van der Waals surface area contributed by atoms with Crippen LogP contribution in [0.15, 0.2) is 10.9 Å². The maximum absolute atomic E-state index is 4.25. The van der Waals surface area contributed by atoms with Gasteiger partial charge in [-0.2, -0.15) is 0 Å². The highest BCUT2D eigenvalue weighted by atomic mass is 32.1. The third kappa shape index (κ3) is 1.07. The fraction of sp³-hybridized carbons (Fsp3) is 0.571. The van der Waals surface area contributed by atoms with Crippen molar-refractivity contribution < 1.29 is 0 Å². The molecule has 1 aromatic rings. The van der Waals surface area contributed by atoms with Gasteiger partial charge in [0, 0.05) is 5.38 Å². The van der Waals surface area contributed by atoms with Gasteiger partial charge in [0.1, 0.15) is 0 Å². The van der Waals surface area contributed by atoms with Crippen molar-refractivity contribution >= 4 is 11.3 Å². The zero-order valence-electron chi connectivity index (χ0n) is 5.71. The third-order valence-corrected chi connectivity index (χ3v) is 2.47. The molecule has 1 fully saturated rings. The van der Waals surface area contributed by atoms with Gasteiger partial charge in [0.15, 0.2) is 0 Å². The van der Waals surface area contributed by atoms with Crippen LogP contribution < -0.4 is 5.32 Å². The highest BCUT2D eigenvalue weighted by Gasteiger charge is 2.16. The van der Waals surface area contributed by atoms with Crippen LogP contribution in [0.5, 0.6) is 0 Å². The van der Waals surface area contributed by atoms with Crippen LogP contribution in [-0.4, -0.2) is 11.5 Å². The smallest absolute Gasteiger partial charge is 0.0795 e. The number of aromatic nitrogens is 1. The van der Waals surface area contributed by atoms with Gasteiger partial charge < -0.3 is 5.32 Å². The van der Waals surface area contributed by atoms with E-state index >= 15 is 0 Å². The van der Waals surface area contributed by atoms with E-state index in [9.17, 15) is 0 Å². The first-order valence-corrected chi connectivity index (χ1v) is 4.52. The summed E-state index contributed by atoms with van der Waals surface area (Å²) in [6, 6.07) is 0.547. The van der Waals surface area contributed by atoms with Crippen LogP contribution in [0.25, 0.3) is 0 Å². The SMILES string of the molecule is c1nc(C2CCCN2)cs1. The molecule has 0 bridgehead atoms. The number of hydrogen-bond acceptors (Lipinski definition) is 3. The molecule has 10 heavy (non-hydrogen) atoms. The highest BCUT2D eigenvalue weighted by Crippen LogP contribution is 2.21. The van der Waals surface area contributed by atoms with Crippen molar-refractivity contribution in [1.82, 2.24) is 10.3 Å². The molecule has 1 N–H and O–H groups in total. The largest absolute Gasteiger partial charge is 0.309 e. The Kier molecular flexibility index (Phi) is 1.69. The molecular weight excluding hydrogens is 144 g/mol. The number of nitrogens with one attached hydrogen (secondary N) is 1. The number of thiazole rings is 1. The van der Waals surface area contributed by atoms with Gasteiger partial charge in [0.25, 0.3) is 0 Å². The van der Waals surface area contributed by atoms with E-state index in [1.54, 1.807) is 11.3 Å². The van der Waals surface area contributed by atoms with Gasteiger partial charge >= 0.3 is 0 Å². The van der Waals surface area contributed by atoms with Gasteiger partial charge in [-0.25, -0.2) is 4.98 Å². The average molecular weight is 154 g/mol. The van der Waals surface area contributed by atoms with Crippen LogP contribution in [0, 0.1) is 0 Å². The molecule has 3 heteroatoms. The summed E-state index contributed by atoms with van der Waals surface area (Å²) < 4.78 is 0. The molecule has 0 radical (unpaired) electrons. The summed E-state index contributed by atoms with van der Waals surface area (Å²) in [5.74, 6) is 0. The molecule has 2 heterocycles. The molecule has 0 aromatic carbocycles. The summed E-state index contributed by atoms with van der Waals surface area (Å²) in [5.41, 5.74) is 3.12. The molecule has 1 unspecified atom stereocenters. The van der Waals surface area contributed by atoms with Gasteiger partial charge in [-0.05, 0) is 19.4 Å². The molecule has 1 saturated heterocycles. The summed E-state index contributed by atoms with van der Waals surface area (Å²) in [7, 11) is 0. The minimum atomic E-state index is 0.547. The molecular formula is C7H10N2S. The van der Waals surface area contributed by atoms with Crippen LogP contribution in [0.1, 0.15) is 24.6 Å². The Morgan fingerprint density at radius 1 is 1.70 bits per heavy atom. The predicted molar refractivity (Wildman–Crippen MR) is 42.1 cm³/mol. The molecule has 0 spiro atoms. The first kappa shape index (κ1) is 6.31. The second-order valence-electron chi connectivity index (χ2n) is 2.56.